The minimum atomic E-state index is -3.70. The molecule has 0 aliphatic heterocycles. The third kappa shape index (κ3) is 6.12. The molecule has 1 N–H and O–H groups in total. The van der Waals surface area contributed by atoms with Crippen LogP contribution in [0.1, 0.15) is 27.2 Å². The summed E-state index contributed by atoms with van der Waals surface area (Å²) in [7, 11) is -2.17. The third-order valence-electron chi connectivity index (χ3n) is 4.13. The van der Waals surface area contributed by atoms with E-state index in [1.54, 1.807) is 55.5 Å². The summed E-state index contributed by atoms with van der Waals surface area (Å²) in [6.45, 7) is 5.60. The molecule has 0 heterocycles. The van der Waals surface area contributed by atoms with Crippen molar-refractivity contribution in [3.8, 4) is 11.5 Å². The van der Waals surface area contributed by atoms with E-state index in [1.165, 1.54) is 7.11 Å². The van der Waals surface area contributed by atoms with E-state index in [2.05, 4.69) is 5.32 Å². The predicted octanol–water partition coefficient (Wildman–Crippen LogP) is 3.67. The maximum Gasteiger partial charge on any atom is 0.248 e. The van der Waals surface area contributed by atoms with Crippen molar-refractivity contribution in [2.24, 2.45) is 0 Å². The number of hydrogen-bond donors (Lipinski definition) is 1. The average Bonchev–Trinajstić information content (AvgIpc) is 2.64. The zero-order valence-corrected chi connectivity index (χ0v) is 18.2. The molecule has 0 spiro atoms. The highest BCUT2D eigenvalue weighted by atomic mass is 32.2. The number of ether oxygens (including phenoxy) is 2. The molecule has 0 saturated carbocycles. The molecule has 29 heavy (non-hydrogen) atoms. The van der Waals surface area contributed by atoms with Crippen LogP contribution in [0.4, 0.5) is 11.4 Å². The molecule has 0 radical (unpaired) electrons. The molecule has 158 valence electrons. The quantitative estimate of drug-likeness (QED) is 0.669. The number of amides is 1. The summed E-state index contributed by atoms with van der Waals surface area (Å²) in [5.41, 5.74) is 0.932. The fourth-order valence-electron chi connectivity index (χ4n) is 2.93. The molecular weight excluding hydrogens is 392 g/mol. The fraction of sp³-hybridized carbons (Fsp3) is 0.381. The van der Waals surface area contributed by atoms with E-state index in [1.807, 2.05) is 13.8 Å². The van der Waals surface area contributed by atoms with Gasteiger partial charge in [-0.1, -0.05) is 13.0 Å². The van der Waals surface area contributed by atoms with E-state index in [4.69, 9.17) is 9.47 Å². The van der Waals surface area contributed by atoms with Crippen LogP contribution in [0.15, 0.2) is 48.5 Å². The van der Waals surface area contributed by atoms with Crippen molar-refractivity contribution in [1.29, 1.82) is 0 Å². The van der Waals surface area contributed by atoms with Crippen molar-refractivity contribution in [3.63, 3.8) is 0 Å². The van der Waals surface area contributed by atoms with Gasteiger partial charge >= 0.3 is 0 Å². The molecule has 2 rings (SSSR count). The number of carbonyl (C=O) groups excluding carboxylic acids is 1. The Bertz CT molecular complexity index is 926. The first-order chi connectivity index (χ1) is 13.7. The maximum atomic E-state index is 13.0. The van der Waals surface area contributed by atoms with E-state index < -0.39 is 22.0 Å². The van der Waals surface area contributed by atoms with Crippen LogP contribution in [-0.4, -0.2) is 39.8 Å². The molecule has 2 aromatic rings. The summed E-state index contributed by atoms with van der Waals surface area (Å²) in [6, 6.07) is 12.7. The zero-order chi connectivity index (χ0) is 21.6. The molecule has 0 aliphatic carbocycles. The molecule has 1 amide bonds. The minimum Gasteiger partial charge on any atom is -0.497 e. The second kappa shape index (κ2) is 9.65. The Labute approximate surface area is 172 Å². The number of anilines is 2. The van der Waals surface area contributed by atoms with Crippen molar-refractivity contribution >= 4 is 27.3 Å². The fourth-order valence-corrected chi connectivity index (χ4v) is 4.15. The molecule has 0 aliphatic rings. The van der Waals surface area contributed by atoms with E-state index >= 15 is 0 Å². The minimum absolute atomic E-state index is 0.000129. The Morgan fingerprint density at radius 2 is 1.76 bits per heavy atom. The summed E-state index contributed by atoms with van der Waals surface area (Å²) in [6.07, 6.45) is 1.39. The lowest BCUT2D eigenvalue weighted by Crippen LogP contribution is -2.47. The highest BCUT2D eigenvalue weighted by Gasteiger charge is 2.31. The molecule has 1 atom stereocenters. The largest absolute Gasteiger partial charge is 0.497 e. The first kappa shape index (κ1) is 22.5. The van der Waals surface area contributed by atoms with Crippen molar-refractivity contribution in [2.45, 2.75) is 39.3 Å². The smallest absolute Gasteiger partial charge is 0.248 e. The average molecular weight is 421 g/mol. The third-order valence-corrected chi connectivity index (χ3v) is 5.31. The van der Waals surface area contributed by atoms with Crippen LogP contribution >= 0.6 is 0 Å². The number of benzene rings is 2. The summed E-state index contributed by atoms with van der Waals surface area (Å²) in [4.78, 5) is 13.0. The lowest BCUT2D eigenvalue weighted by molar-refractivity contribution is -0.117. The van der Waals surface area contributed by atoms with E-state index in [0.29, 0.717) is 29.3 Å². The first-order valence-corrected chi connectivity index (χ1v) is 11.2. The predicted molar refractivity (Wildman–Crippen MR) is 115 cm³/mol. The van der Waals surface area contributed by atoms with E-state index in [-0.39, 0.29) is 6.10 Å². The van der Waals surface area contributed by atoms with Gasteiger partial charge in [0, 0.05) is 11.8 Å². The summed E-state index contributed by atoms with van der Waals surface area (Å²) >= 11 is 0. The van der Waals surface area contributed by atoms with Crippen LogP contribution in [-0.2, 0) is 14.8 Å². The number of nitrogens with one attached hydrogen (secondary N) is 1. The number of methoxy groups -OCH3 is 1. The SMILES string of the molecule is CC[C@H](C(=O)Nc1cccc(OC(C)C)c1)N(c1ccc(OC)cc1)S(C)(=O)=O. The van der Waals surface area contributed by atoms with Crippen LogP contribution in [0.25, 0.3) is 0 Å². The lowest BCUT2D eigenvalue weighted by Gasteiger charge is -2.30. The van der Waals surface area contributed by atoms with Gasteiger partial charge in [-0.05, 0) is 56.7 Å². The molecule has 2 aromatic carbocycles. The van der Waals surface area contributed by atoms with Gasteiger partial charge < -0.3 is 14.8 Å². The standard InChI is InChI=1S/C21H28N2O5S/c1-6-20(21(24)22-16-8-7-9-19(14-16)28-15(2)3)23(29(5,25)26)17-10-12-18(27-4)13-11-17/h7-15,20H,6H2,1-5H3,(H,22,24)/t20-/m1/s1. The normalized spacial score (nSPS) is 12.3. The second-order valence-electron chi connectivity index (χ2n) is 6.86. The Morgan fingerprint density at radius 3 is 2.28 bits per heavy atom. The van der Waals surface area contributed by atoms with Crippen molar-refractivity contribution < 1.29 is 22.7 Å². The first-order valence-electron chi connectivity index (χ1n) is 9.36. The molecule has 8 heteroatoms. The van der Waals surface area contributed by atoms with E-state index in [9.17, 15) is 13.2 Å². The highest BCUT2D eigenvalue weighted by Crippen LogP contribution is 2.26. The molecule has 0 fully saturated rings. The van der Waals surface area contributed by atoms with Crippen LogP contribution < -0.4 is 19.1 Å². The molecule has 0 bridgehead atoms. The van der Waals surface area contributed by atoms with Crippen LogP contribution in [0.2, 0.25) is 0 Å². The number of carbonyl (C=O) groups is 1. The Morgan fingerprint density at radius 1 is 1.10 bits per heavy atom. The van der Waals surface area contributed by atoms with Gasteiger partial charge in [-0.3, -0.25) is 9.10 Å². The van der Waals surface area contributed by atoms with Crippen LogP contribution in [0.3, 0.4) is 0 Å². The monoisotopic (exact) mass is 420 g/mol. The van der Waals surface area contributed by atoms with Crippen LogP contribution in [0, 0.1) is 0 Å². The lowest BCUT2D eigenvalue weighted by atomic mass is 10.1. The van der Waals surface area contributed by atoms with Gasteiger partial charge in [0.05, 0.1) is 25.2 Å². The summed E-state index contributed by atoms with van der Waals surface area (Å²) < 4.78 is 36.9. The van der Waals surface area contributed by atoms with Gasteiger partial charge in [0.15, 0.2) is 0 Å². The molecule has 0 saturated heterocycles. The van der Waals surface area contributed by atoms with Crippen molar-refractivity contribution in [1.82, 2.24) is 0 Å². The summed E-state index contributed by atoms with van der Waals surface area (Å²) in [5.74, 6) is 0.804. The number of hydrogen-bond acceptors (Lipinski definition) is 5. The molecular formula is C21H28N2O5S. The number of sulfonamides is 1. The maximum absolute atomic E-state index is 13.0. The van der Waals surface area contributed by atoms with Gasteiger partial charge in [-0.25, -0.2) is 8.42 Å². The number of nitrogens with zero attached hydrogens (tertiary/aromatic N) is 1. The summed E-state index contributed by atoms with van der Waals surface area (Å²) in [5, 5.41) is 2.80. The molecule has 7 nitrogen and oxygen atoms in total. The van der Waals surface area contributed by atoms with Crippen LogP contribution in [0.5, 0.6) is 11.5 Å². The molecule has 0 unspecified atom stereocenters. The topological polar surface area (TPSA) is 84.9 Å². The highest BCUT2D eigenvalue weighted by molar-refractivity contribution is 7.92. The van der Waals surface area contributed by atoms with Gasteiger partial charge in [-0.2, -0.15) is 0 Å². The number of rotatable bonds is 9. The van der Waals surface area contributed by atoms with Gasteiger partial charge in [-0.15, -0.1) is 0 Å². The Kier molecular flexibility index (Phi) is 7.50. The van der Waals surface area contributed by atoms with E-state index in [0.717, 1.165) is 10.6 Å². The van der Waals surface area contributed by atoms with Gasteiger partial charge in [0.2, 0.25) is 15.9 Å². The van der Waals surface area contributed by atoms with Gasteiger partial charge in [0.25, 0.3) is 0 Å². The van der Waals surface area contributed by atoms with Crippen molar-refractivity contribution in [2.75, 3.05) is 23.0 Å². The zero-order valence-electron chi connectivity index (χ0n) is 17.4. The second-order valence-corrected chi connectivity index (χ2v) is 8.72. The Hall–Kier alpha value is -2.74. The molecule has 0 aromatic heterocycles. The van der Waals surface area contributed by atoms with Gasteiger partial charge in [0.1, 0.15) is 17.5 Å². The van der Waals surface area contributed by atoms with Crippen molar-refractivity contribution in [3.05, 3.63) is 48.5 Å². The Balaban J connectivity index is 2.31.